The van der Waals surface area contributed by atoms with E-state index in [1.54, 1.807) is 0 Å². The zero-order chi connectivity index (χ0) is 14.6. The maximum absolute atomic E-state index is 12.7. The Balaban J connectivity index is 2.92. The van der Waals surface area contributed by atoms with Crippen LogP contribution < -0.4 is 5.32 Å². The highest BCUT2D eigenvalue weighted by atomic mass is 16.2. The first-order chi connectivity index (χ1) is 8.90. The number of nitrogens with zero attached hydrogens (tertiary/aromatic N) is 1. The number of hydrogen-bond donors (Lipinski definition) is 1. The maximum atomic E-state index is 12.7. The summed E-state index contributed by atoms with van der Waals surface area (Å²) in [4.78, 5) is 26.5. The molecule has 110 valence electrons. The minimum absolute atomic E-state index is 0.00204. The number of carbonyl (C=O) groups is 2. The van der Waals surface area contributed by atoms with Crippen molar-refractivity contribution in [2.75, 3.05) is 6.54 Å². The van der Waals surface area contributed by atoms with Gasteiger partial charge in [0.2, 0.25) is 11.8 Å². The fraction of sp³-hybridized carbons (Fsp3) is 0.867. The molecule has 2 amide bonds. The van der Waals surface area contributed by atoms with Crippen molar-refractivity contribution in [3.8, 4) is 0 Å². The molecule has 0 radical (unpaired) electrons. The molecule has 1 aliphatic heterocycles. The standard InChI is InChI=1S/C15H28N2O2/c1-6-10(3)9-17-12(5)8-13(18)16-14(15(17)19)11(4)7-2/h10-12,14H,6-9H2,1-5H3,(H,16,18). The first-order valence-corrected chi connectivity index (χ1v) is 7.50. The third kappa shape index (κ3) is 3.95. The maximum Gasteiger partial charge on any atom is 0.245 e. The van der Waals surface area contributed by atoms with Gasteiger partial charge in [-0.1, -0.05) is 40.5 Å². The van der Waals surface area contributed by atoms with E-state index in [1.165, 1.54) is 0 Å². The zero-order valence-corrected chi connectivity index (χ0v) is 12.9. The van der Waals surface area contributed by atoms with Gasteiger partial charge in [0.1, 0.15) is 6.04 Å². The highest BCUT2D eigenvalue weighted by Gasteiger charge is 2.36. The second-order valence-electron chi connectivity index (χ2n) is 5.99. The molecule has 0 aliphatic carbocycles. The van der Waals surface area contributed by atoms with Crippen molar-refractivity contribution in [1.29, 1.82) is 0 Å². The average molecular weight is 268 g/mol. The van der Waals surface area contributed by atoms with Gasteiger partial charge in [0.15, 0.2) is 0 Å². The lowest BCUT2D eigenvalue weighted by Gasteiger charge is -2.32. The van der Waals surface area contributed by atoms with Crippen molar-refractivity contribution in [1.82, 2.24) is 10.2 Å². The van der Waals surface area contributed by atoms with Crippen LogP contribution in [0, 0.1) is 11.8 Å². The summed E-state index contributed by atoms with van der Waals surface area (Å²) < 4.78 is 0. The van der Waals surface area contributed by atoms with Gasteiger partial charge in [-0.05, 0) is 18.8 Å². The van der Waals surface area contributed by atoms with Crippen molar-refractivity contribution in [3.05, 3.63) is 0 Å². The van der Waals surface area contributed by atoms with Gasteiger partial charge >= 0.3 is 0 Å². The second-order valence-corrected chi connectivity index (χ2v) is 5.99. The van der Waals surface area contributed by atoms with Gasteiger partial charge in [-0.3, -0.25) is 9.59 Å². The Hall–Kier alpha value is -1.06. The predicted molar refractivity (Wildman–Crippen MR) is 76.6 cm³/mol. The molecular weight excluding hydrogens is 240 g/mol. The third-order valence-electron chi connectivity index (χ3n) is 4.30. The Morgan fingerprint density at radius 3 is 2.42 bits per heavy atom. The summed E-state index contributed by atoms with van der Waals surface area (Å²) in [5, 5.41) is 2.90. The van der Waals surface area contributed by atoms with Gasteiger partial charge in [0.25, 0.3) is 0 Å². The average Bonchev–Trinajstić information content (AvgIpc) is 2.48. The summed E-state index contributed by atoms with van der Waals surface area (Å²) in [6.45, 7) is 11.1. The second kappa shape index (κ2) is 6.92. The van der Waals surface area contributed by atoms with E-state index in [1.807, 2.05) is 18.7 Å². The normalized spacial score (nSPS) is 27.7. The molecule has 1 fully saturated rings. The van der Waals surface area contributed by atoms with Crippen LogP contribution in [0.5, 0.6) is 0 Å². The third-order valence-corrected chi connectivity index (χ3v) is 4.30. The summed E-state index contributed by atoms with van der Waals surface area (Å²) in [5.74, 6) is 0.740. The lowest BCUT2D eigenvalue weighted by atomic mass is 9.97. The topological polar surface area (TPSA) is 49.4 Å². The fourth-order valence-corrected chi connectivity index (χ4v) is 2.42. The Labute approximate surface area is 116 Å². The Bertz CT molecular complexity index is 330. The quantitative estimate of drug-likeness (QED) is 0.831. The van der Waals surface area contributed by atoms with Crippen molar-refractivity contribution >= 4 is 11.8 Å². The smallest absolute Gasteiger partial charge is 0.245 e. The number of amides is 2. The first-order valence-electron chi connectivity index (χ1n) is 7.50. The molecule has 1 N–H and O–H groups in total. The largest absolute Gasteiger partial charge is 0.344 e. The van der Waals surface area contributed by atoms with Gasteiger partial charge in [-0.2, -0.15) is 0 Å². The predicted octanol–water partition coefficient (Wildman–Crippen LogP) is 2.18. The van der Waals surface area contributed by atoms with E-state index in [0.29, 0.717) is 12.3 Å². The highest BCUT2D eigenvalue weighted by Crippen LogP contribution is 2.19. The van der Waals surface area contributed by atoms with Gasteiger partial charge in [-0.15, -0.1) is 0 Å². The van der Waals surface area contributed by atoms with Crippen molar-refractivity contribution in [2.24, 2.45) is 11.8 Å². The molecule has 4 unspecified atom stereocenters. The van der Waals surface area contributed by atoms with Crippen LogP contribution in [-0.4, -0.2) is 35.3 Å². The molecule has 0 saturated carbocycles. The van der Waals surface area contributed by atoms with Crippen LogP contribution in [0.1, 0.15) is 53.9 Å². The fourth-order valence-electron chi connectivity index (χ4n) is 2.42. The highest BCUT2D eigenvalue weighted by molar-refractivity contribution is 5.90. The molecule has 0 bridgehead atoms. The van der Waals surface area contributed by atoms with Gasteiger partial charge in [-0.25, -0.2) is 0 Å². The molecule has 4 heteroatoms. The molecule has 1 heterocycles. The van der Waals surface area contributed by atoms with E-state index in [9.17, 15) is 9.59 Å². The summed E-state index contributed by atoms with van der Waals surface area (Å²) >= 11 is 0. The monoisotopic (exact) mass is 268 g/mol. The molecule has 0 spiro atoms. The van der Waals surface area contributed by atoms with Crippen molar-refractivity contribution in [2.45, 2.75) is 66.0 Å². The summed E-state index contributed by atoms with van der Waals surface area (Å²) in [6.07, 6.45) is 2.35. The zero-order valence-electron chi connectivity index (χ0n) is 12.9. The van der Waals surface area contributed by atoms with Crippen molar-refractivity contribution < 1.29 is 9.59 Å². The van der Waals surface area contributed by atoms with E-state index >= 15 is 0 Å². The molecule has 4 nitrogen and oxygen atoms in total. The van der Waals surface area contributed by atoms with Gasteiger partial charge < -0.3 is 10.2 Å². The molecule has 4 atom stereocenters. The Morgan fingerprint density at radius 2 is 1.89 bits per heavy atom. The summed E-state index contributed by atoms with van der Waals surface area (Å²) in [5.41, 5.74) is 0. The summed E-state index contributed by atoms with van der Waals surface area (Å²) in [6, 6.07) is -0.359. The minimum atomic E-state index is -0.355. The first kappa shape index (κ1) is 16.0. The van der Waals surface area contributed by atoms with Crippen LogP contribution in [0.2, 0.25) is 0 Å². The Morgan fingerprint density at radius 1 is 1.26 bits per heavy atom. The van der Waals surface area contributed by atoms with Gasteiger partial charge in [0, 0.05) is 19.0 Å². The van der Waals surface area contributed by atoms with Gasteiger partial charge in [0.05, 0.1) is 0 Å². The lowest BCUT2D eigenvalue weighted by Crippen LogP contribution is -2.50. The van der Waals surface area contributed by atoms with Crippen LogP contribution in [0.3, 0.4) is 0 Å². The molecule has 0 aromatic heterocycles. The molecule has 0 aromatic rings. The SMILES string of the molecule is CCC(C)CN1C(=O)C(C(C)CC)NC(=O)CC1C. The van der Waals surface area contributed by atoms with Crippen LogP contribution in [0.15, 0.2) is 0 Å². The van der Waals surface area contributed by atoms with E-state index in [-0.39, 0.29) is 29.8 Å². The number of nitrogens with one attached hydrogen (secondary N) is 1. The van der Waals surface area contributed by atoms with E-state index in [2.05, 4.69) is 26.1 Å². The molecule has 19 heavy (non-hydrogen) atoms. The number of carbonyl (C=O) groups excluding carboxylic acids is 2. The molecular formula is C15H28N2O2. The molecule has 1 aliphatic rings. The lowest BCUT2D eigenvalue weighted by molar-refractivity contribution is -0.136. The van der Waals surface area contributed by atoms with Crippen LogP contribution in [-0.2, 0) is 9.59 Å². The van der Waals surface area contributed by atoms with E-state index in [4.69, 9.17) is 0 Å². The molecule has 0 aromatic carbocycles. The molecule has 1 rings (SSSR count). The molecule has 1 saturated heterocycles. The number of rotatable bonds is 5. The summed E-state index contributed by atoms with van der Waals surface area (Å²) in [7, 11) is 0. The van der Waals surface area contributed by atoms with E-state index in [0.717, 1.165) is 19.4 Å². The Kier molecular flexibility index (Phi) is 5.83. The number of hydrogen-bond acceptors (Lipinski definition) is 2. The van der Waals surface area contributed by atoms with Crippen LogP contribution in [0.25, 0.3) is 0 Å². The minimum Gasteiger partial charge on any atom is -0.344 e. The van der Waals surface area contributed by atoms with Crippen molar-refractivity contribution in [3.63, 3.8) is 0 Å². The van der Waals surface area contributed by atoms with Crippen LogP contribution >= 0.6 is 0 Å². The van der Waals surface area contributed by atoms with Crippen LogP contribution in [0.4, 0.5) is 0 Å². The van der Waals surface area contributed by atoms with E-state index < -0.39 is 0 Å².